The number of carbonyl (C=O) groups is 2. The monoisotopic (exact) mass is 313 g/mol. The standard InChI is InChI=1S/C11H15N5O4S/c17-10(5-8-1-4-21(19,20)7-8)15-16-11(18)14-9-6-12-2-3-13-9/h2-3,6,8H,1,4-5,7H2,(H,15,17)(H2,13,14,16,18). The summed E-state index contributed by atoms with van der Waals surface area (Å²) >= 11 is 0. The van der Waals surface area contributed by atoms with Crippen LogP contribution in [0.25, 0.3) is 0 Å². The molecule has 1 aliphatic heterocycles. The summed E-state index contributed by atoms with van der Waals surface area (Å²) in [5, 5.41) is 2.37. The fourth-order valence-electron chi connectivity index (χ4n) is 1.98. The van der Waals surface area contributed by atoms with Crippen LogP contribution < -0.4 is 16.2 Å². The number of nitrogens with zero attached hydrogens (tertiary/aromatic N) is 2. The zero-order valence-electron chi connectivity index (χ0n) is 11.1. The maximum absolute atomic E-state index is 11.6. The van der Waals surface area contributed by atoms with E-state index in [9.17, 15) is 18.0 Å². The molecule has 2 rings (SSSR count). The first-order valence-corrected chi connectivity index (χ1v) is 8.09. The van der Waals surface area contributed by atoms with Gasteiger partial charge in [-0.3, -0.25) is 20.5 Å². The predicted molar refractivity (Wildman–Crippen MR) is 73.7 cm³/mol. The Morgan fingerprint density at radius 1 is 1.29 bits per heavy atom. The third kappa shape index (κ3) is 4.99. The second-order valence-electron chi connectivity index (χ2n) is 4.69. The van der Waals surface area contributed by atoms with Gasteiger partial charge in [0.05, 0.1) is 17.7 Å². The molecule has 1 fully saturated rings. The van der Waals surface area contributed by atoms with Crippen molar-refractivity contribution in [1.82, 2.24) is 20.8 Å². The number of amides is 3. The van der Waals surface area contributed by atoms with Crippen LogP contribution in [-0.2, 0) is 14.6 Å². The van der Waals surface area contributed by atoms with Crippen molar-refractivity contribution in [3.63, 3.8) is 0 Å². The second kappa shape index (κ2) is 6.48. The molecule has 0 aromatic carbocycles. The van der Waals surface area contributed by atoms with Gasteiger partial charge in [0.1, 0.15) is 0 Å². The SMILES string of the molecule is O=C(CC1CCS(=O)(=O)C1)NNC(=O)Nc1cnccn1. The van der Waals surface area contributed by atoms with E-state index in [-0.39, 0.29) is 29.7 Å². The molecule has 1 aliphatic rings. The third-order valence-electron chi connectivity index (χ3n) is 2.92. The van der Waals surface area contributed by atoms with Crippen molar-refractivity contribution in [3.8, 4) is 0 Å². The Bertz CT molecular complexity index is 619. The van der Waals surface area contributed by atoms with Gasteiger partial charge in [-0.1, -0.05) is 0 Å². The Morgan fingerprint density at radius 3 is 2.71 bits per heavy atom. The maximum Gasteiger partial charge on any atom is 0.339 e. The van der Waals surface area contributed by atoms with Crippen molar-refractivity contribution in [2.45, 2.75) is 12.8 Å². The fraction of sp³-hybridized carbons (Fsp3) is 0.455. The van der Waals surface area contributed by atoms with Crippen molar-refractivity contribution in [1.29, 1.82) is 0 Å². The topological polar surface area (TPSA) is 130 Å². The summed E-state index contributed by atoms with van der Waals surface area (Å²) in [6.07, 6.45) is 4.76. The van der Waals surface area contributed by atoms with Crippen molar-refractivity contribution in [2.24, 2.45) is 5.92 Å². The van der Waals surface area contributed by atoms with Gasteiger partial charge in [-0.05, 0) is 12.3 Å². The number of sulfone groups is 1. The normalized spacial score (nSPS) is 19.7. The van der Waals surface area contributed by atoms with E-state index in [0.29, 0.717) is 6.42 Å². The Balaban J connectivity index is 1.70. The fourth-order valence-corrected chi connectivity index (χ4v) is 3.85. The van der Waals surface area contributed by atoms with Gasteiger partial charge < -0.3 is 0 Å². The van der Waals surface area contributed by atoms with E-state index in [1.54, 1.807) is 0 Å². The molecule has 1 unspecified atom stereocenters. The quantitative estimate of drug-likeness (QED) is 0.642. The summed E-state index contributed by atoms with van der Waals surface area (Å²) in [5.41, 5.74) is 4.37. The minimum atomic E-state index is -3.01. The molecule has 0 aliphatic carbocycles. The van der Waals surface area contributed by atoms with E-state index in [4.69, 9.17) is 0 Å². The number of aromatic nitrogens is 2. The van der Waals surface area contributed by atoms with Crippen molar-refractivity contribution in [2.75, 3.05) is 16.8 Å². The molecule has 0 radical (unpaired) electrons. The smallest absolute Gasteiger partial charge is 0.290 e. The van der Waals surface area contributed by atoms with Gasteiger partial charge in [0, 0.05) is 18.8 Å². The predicted octanol–water partition coefficient (Wildman–Crippen LogP) is -0.546. The zero-order chi connectivity index (χ0) is 15.3. The highest BCUT2D eigenvalue weighted by Crippen LogP contribution is 2.21. The number of urea groups is 1. The van der Waals surface area contributed by atoms with Crippen LogP contribution in [0, 0.1) is 5.92 Å². The van der Waals surface area contributed by atoms with Crippen LogP contribution in [0.2, 0.25) is 0 Å². The van der Waals surface area contributed by atoms with Crippen LogP contribution in [0.1, 0.15) is 12.8 Å². The first-order valence-electron chi connectivity index (χ1n) is 6.27. The van der Waals surface area contributed by atoms with Gasteiger partial charge in [-0.15, -0.1) is 0 Å². The number of anilines is 1. The number of carbonyl (C=O) groups excluding carboxylic acids is 2. The van der Waals surface area contributed by atoms with E-state index in [0.717, 1.165) is 0 Å². The minimum absolute atomic E-state index is 0.0201. The maximum atomic E-state index is 11.6. The molecule has 0 saturated carbocycles. The highest BCUT2D eigenvalue weighted by atomic mass is 32.2. The molecule has 1 atom stereocenters. The van der Waals surface area contributed by atoms with Crippen LogP contribution >= 0.6 is 0 Å². The van der Waals surface area contributed by atoms with Gasteiger partial charge in [0.25, 0.3) is 0 Å². The van der Waals surface area contributed by atoms with Gasteiger partial charge in [-0.25, -0.2) is 23.6 Å². The lowest BCUT2D eigenvalue weighted by Crippen LogP contribution is -2.44. The molecule has 1 saturated heterocycles. The lowest BCUT2D eigenvalue weighted by molar-refractivity contribution is -0.122. The van der Waals surface area contributed by atoms with Crippen molar-refractivity contribution >= 4 is 27.6 Å². The van der Waals surface area contributed by atoms with E-state index >= 15 is 0 Å². The summed E-state index contributed by atoms with van der Waals surface area (Å²) in [5.74, 6) is -0.255. The molecule has 9 nitrogen and oxygen atoms in total. The van der Waals surface area contributed by atoms with Crippen LogP contribution in [0.15, 0.2) is 18.6 Å². The van der Waals surface area contributed by atoms with Crippen molar-refractivity contribution in [3.05, 3.63) is 18.6 Å². The molecule has 2 heterocycles. The van der Waals surface area contributed by atoms with E-state index in [2.05, 4.69) is 26.1 Å². The molecule has 10 heteroatoms. The summed E-state index contributed by atoms with van der Waals surface area (Å²) < 4.78 is 22.5. The summed E-state index contributed by atoms with van der Waals surface area (Å²) in [6.45, 7) is 0. The third-order valence-corrected chi connectivity index (χ3v) is 4.76. The molecule has 3 amide bonds. The van der Waals surface area contributed by atoms with Crippen LogP contribution in [0.3, 0.4) is 0 Å². The molecule has 0 bridgehead atoms. The van der Waals surface area contributed by atoms with E-state index in [1.165, 1.54) is 18.6 Å². The molecule has 0 spiro atoms. The Labute approximate surface area is 121 Å². The molecule has 21 heavy (non-hydrogen) atoms. The Kier molecular flexibility index (Phi) is 4.68. The van der Waals surface area contributed by atoms with Crippen LogP contribution in [0.5, 0.6) is 0 Å². The number of hydrogen-bond acceptors (Lipinski definition) is 6. The average Bonchev–Trinajstić information content (AvgIpc) is 2.77. The van der Waals surface area contributed by atoms with Gasteiger partial charge in [0.15, 0.2) is 15.7 Å². The minimum Gasteiger partial charge on any atom is -0.290 e. The average molecular weight is 313 g/mol. The largest absolute Gasteiger partial charge is 0.339 e. The molecule has 1 aromatic heterocycles. The van der Waals surface area contributed by atoms with Crippen molar-refractivity contribution < 1.29 is 18.0 Å². The highest BCUT2D eigenvalue weighted by Gasteiger charge is 2.29. The van der Waals surface area contributed by atoms with Crippen LogP contribution in [-0.4, -0.2) is 41.8 Å². The Hall–Kier alpha value is -2.23. The summed E-state index contributed by atoms with van der Waals surface area (Å²) in [4.78, 5) is 30.6. The Morgan fingerprint density at radius 2 is 2.10 bits per heavy atom. The zero-order valence-corrected chi connectivity index (χ0v) is 11.9. The van der Waals surface area contributed by atoms with Gasteiger partial charge in [-0.2, -0.15) is 0 Å². The number of nitrogens with one attached hydrogen (secondary N) is 3. The molecular weight excluding hydrogens is 298 g/mol. The highest BCUT2D eigenvalue weighted by molar-refractivity contribution is 7.91. The number of hydrogen-bond donors (Lipinski definition) is 3. The molecule has 1 aromatic rings. The first-order chi connectivity index (χ1) is 9.94. The summed E-state index contributed by atoms with van der Waals surface area (Å²) in [7, 11) is -3.01. The van der Waals surface area contributed by atoms with Gasteiger partial charge >= 0.3 is 6.03 Å². The van der Waals surface area contributed by atoms with Crippen LogP contribution in [0.4, 0.5) is 10.6 Å². The van der Waals surface area contributed by atoms with E-state index < -0.39 is 21.8 Å². The number of hydrazine groups is 1. The lowest BCUT2D eigenvalue weighted by Gasteiger charge is -2.10. The molecule has 114 valence electrons. The lowest BCUT2D eigenvalue weighted by atomic mass is 10.1. The number of rotatable bonds is 3. The van der Waals surface area contributed by atoms with E-state index in [1.807, 2.05) is 0 Å². The second-order valence-corrected chi connectivity index (χ2v) is 6.92. The summed E-state index contributed by atoms with van der Waals surface area (Å²) in [6, 6.07) is -0.664. The molecule has 3 N–H and O–H groups in total. The molecular formula is C11H15N5O4S. The van der Waals surface area contributed by atoms with Gasteiger partial charge in [0.2, 0.25) is 5.91 Å². The first kappa shape index (κ1) is 15.2.